The Bertz CT molecular complexity index is 706. The van der Waals surface area contributed by atoms with E-state index in [2.05, 4.69) is 20.8 Å². The number of amides is 1. The van der Waals surface area contributed by atoms with Crippen LogP contribution in [0.15, 0.2) is 34.6 Å². The second-order valence-corrected chi connectivity index (χ2v) is 6.46. The number of rotatable bonds is 4. The topological polar surface area (TPSA) is 81.1 Å². The molecule has 1 fully saturated rings. The standard InChI is InChI=1S/C14H16ClN5O2S.ClH/c1-20-8-17-19-14(20)23-12-3-2-9(6-10(12)15)18-13(21)11-7-22-5-4-16-11;/h2-3,6,8,11,16H,4-5,7H2,1H3,(H,18,21);1H. The average molecular weight is 390 g/mol. The van der Waals surface area contributed by atoms with E-state index in [1.54, 1.807) is 12.4 Å². The highest BCUT2D eigenvalue weighted by Crippen LogP contribution is 2.33. The summed E-state index contributed by atoms with van der Waals surface area (Å²) in [5.74, 6) is -0.130. The highest BCUT2D eigenvalue weighted by molar-refractivity contribution is 7.99. The van der Waals surface area contributed by atoms with Crippen LogP contribution < -0.4 is 10.6 Å². The number of nitrogens with one attached hydrogen (secondary N) is 2. The van der Waals surface area contributed by atoms with E-state index in [1.807, 2.05) is 23.7 Å². The van der Waals surface area contributed by atoms with Gasteiger partial charge in [-0.05, 0) is 30.0 Å². The molecule has 1 saturated heterocycles. The van der Waals surface area contributed by atoms with Gasteiger partial charge in [0.05, 0.1) is 18.2 Å². The predicted molar refractivity (Wildman–Crippen MR) is 95.1 cm³/mol. The van der Waals surface area contributed by atoms with E-state index < -0.39 is 0 Å². The largest absolute Gasteiger partial charge is 0.378 e. The Balaban J connectivity index is 0.00000208. The summed E-state index contributed by atoms with van der Waals surface area (Å²) in [7, 11) is 1.87. The fourth-order valence-electron chi connectivity index (χ4n) is 2.09. The van der Waals surface area contributed by atoms with Crippen molar-refractivity contribution < 1.29 is 9.53 Å². The number of aromatic nitrogens is 3. The highest BCUT2D eigenvalue weighted by Gasteiger charge is 2.21. The number of nitrogens with zero attached hydrogens (tertiary/aromatic N) is 3. The van der Waals surface area contributed by atoms with Crippen LogP contribution in [0.3, 0.4) is 0 Å². The number of anilines is 1. The molecular formula is C14H17Cl2N5O2S. The minimum absolute atomic E-state index is 0. The molecule has 10 heteroatoms. The van der Waals surface area contributed by atoms with Crippen LogP contribution in [0.5, 0.6) is 0 Å². The van der Waals surface area contributed by atoms with Gasteiger partial charge in [-0.2, -0.15) is 0 Å². The minimum atomic E-state index is -0.338. The van der Waals surface area contributed by atoms with Crippen LogP contribution in [0.4, 0.5) is 5.69 Å². The first-order chi connectivity index (χ1) is 11.1. The molecular weight excluding hydrogens is 373 g/mol. The van der Waals surface area contributed by atoms with Gasteiger partial charge in [-0.1, -0.05) is 11.6 Å². The predicted octanol–water partition coefficient (Wildman–Crippen LogP) is 1.97. The number of hydrogen-bond donors (Lipinski definition) is 2. The summed E-state index contributed by atoms with van der Waals surface area (Å²) in [6.07, 6.45) is 1.63. The summed E-state index contributed by atoms with van der Waals surface area (Å²) in [6.45, 7) is 1.68. The van der Waals surface area contributed by atoms with Gasteiger partial charge >= 0.3 is 0 Å². The molecule has 1 aliphatic rings. The molecule has 3 rings (SSSR count). The quantitative estimate of drug-likeness (QED) is 0.831. The maximum absolute atomic E-state index is 12.1. The Labute approximate surface area is 154 Å². The molecule has 0 bridgehead atoms. The number of aryl methyl sites for hydroxylation is 1. The number of morpholine rings is 1. The van der Waals surface area contributed by atoms with Crippen LogP contribution in [-0.4, -0.2) is 46.5 Å². The van der Waals surface area contributed by atoms with Crippen LogP contribution in [0.1, 0.15) is 0 Å². The first kappa shape index (κ1) is 19.0. The lowest BCUT2D eigenvalue weighted by Gasteiger charge is -2.23. The Morgan fingerprint density at radius 2 is 2.38 bits per heavy atom. The number of carbonyl (C=O) groups excluding carboxylic acids is 1. The first-order valence-corrected chi connectivity index (χ1v) is 8.26. The molecule has 1 amide bonds. The molecule has 130 valence electrons. The third kappa shape index (κ3) is 4.61. The smallest absolute Gasteiger partial charge is 0.243 e. The molecule has 2 heterocycles. The van der Waals surface area contributed by atoms with Gasteiger partial charge < -0.3 is 19.9 Å². The van der Waals surface area contributed by atoms with Gasteiger partial charge in [-0.3, -0.25) is 4.79 Å². The molecule has 0 radical (unpaired) electrons. The van der Waals surface area contributed by atoms with E-state index in [4.69, 9.17) is 16.3 Å². The molecule has 0 aliphatic carbocycles. The lowest BCUT2D eigenvalue weighted by molar-refractivity contribution is -0.120. The summed E-state index contributed by atoms with van der Waals surface area (Å²) in [5.41, 5.74) is 0.648. The van der Waals surface area contributed by atoms with Crippen molar-refractivity contribution in [2.45, 2.75) is 16.1 Å². The summed E-state index contributed by atoms with van der Waals surface area (Å²) in [5, 5.41) is 15.1. The van der Waals surface area contributed by atoms with Crippen molar-refractivity contribution in [1.82, 2.24) is 20.1 Å². The van der Waals surface area contributed by atoms with Crippen molar-refractivity contribution in [3.8, 4) is 0 Å². The molecule has 1 unspecified atom stereocenters. The molecule has 24 heavy (non-hydrogen) atoms. The summed E-state index contributed by atoms with van der Waals surface area (Å²) >= 11 is 7.71. The number of halogens is 2. The zero-order valence-electron chi connectivity index (χ0n) is 12.9. The number of hydrogen-bond acceptors (Lipinski definition) is 6. The zero-order chi connectivity index (χ0) is 16.2. The fourth-order valence-corrected chi connectivity index (χ4v) is 3.15. The van der Waals surface area contributed by atoms with Crippen LogP contribution >= 0.6 is 35.8 Å². The second-order valence-electron chi connectivity index (χ2n) is 5.04. The average Bonchev–Trinajstić information content (AvgIpc) is 2.96. The van der Waals surface area contributed by atoms with Gasteiger partial charge in [0, 0.05) is 24.2 Å². The van der Waals surface area contributed by atoms with Gasteiger partial charge in [0.2, 0.25) is 5.91 Å². The molecule has 2 aromatic rings. The Kier molecular flexibility index (Phi) is 6.88. The van der Waals surface area contributed by atoms with E-state index in [-0.39, 0.29) is 24.4 Å². The Morgan fingerprint density at radius 3 is 3.00 bits per heavy atom. The van der Waals surface area contributed by atoms with Crippen molar-refractivity contribution in [3.05, 3.63) is 29.5 Å². The second kappa shape index (κ2) is 8.68. The van der Waals surface area contributed by atoms with E-state index in [1.165, 1.54) is 11.8 Å². The summed E-state index contributed by atoms with van der Waals surface area (Å²) in [4.78, 5) is 13.0. The molecule has 1 aromatic heterocycles. The van der Waals surface area contributed by atoms with Gasteiger partial charge in [0.15, 0.2) is 5.16 Å². The van der Waals surface area contributed by atoms with E-state index in [0.717, 1.165) is 10.1 Å². The molecule has 1 aromatic carbocycles. The lowest BCUT2D eigenvalue weighted by Crippen LogP contribution is -2.48. The number of carbonyl (C=O) groups is 1. The van der Waals surface area contributed by atoms with Crippen LogP contribution in [0.25, 0.3) is 0 Å². The summed E-state index contributed by atoms with van der Waals surface area (Å²) < 4.78 is 7.10. The summed E-state index contributed by atoms with van der Waals surface area (Å²) in [6, 6.07) is 5.05. The third-order valence-corrected chi connectivity index (χ3v) is 4.86. The molecule has 2 N–H and O–H groups in total. The first-order valence-electron chi connectivity index (χ1n) is 7.07. The van der Waals surface area contributed by atoms with Gasteiger partial charge in [-0.15, -0.1) is 22.6 Å². The van der Waals surface area contributed by atoms with Crippen molar-refractivity contribution in [2.75, 3.05) is 25.1 Å². The van der Waals surface area contributed by atoms with Crippen molar-refractivity contribution in [1.29, 1.82) is 0 Å². The van der Waals surface area contributed by atoms with E-state index in [0.29, 0.717) is 30.5 Å². The normalized spacial score (nSPS) is 17.2. The molecule has 0 saturated carbocycles. The molecule has 0 spiro atoms. The van der Waals surface area contributed by atoms with Gasteiger partial charge in [0.1, 0.15) is 12.4 Å². The number of benzene rings is 1. The van der Waals surface area contributed by atoms with Gasteiger partial charge in [-0.25, -0.2) is 0 Å². The van der Waals surface area contributed by atoms with E-state index >= 15 is 0 Å². The van der Waals surface area contributed by atoms with Crippen LogP contribution in [0.2, 0.25) is 5.02 Å². The maximum Gasteiger partial charge on any atom is 0.243 e. The Hall–Kier alpha value is -1.32. The lowest BCUT2D eigenvalue weighted by atomic mass is 10.2. The zero-order valence-corrected chi connectivity index (χ0v) is 15.2. The minimum Gasteiger partial charge on any atom is -0.378 e. The van der Waals surface area contributed by atoms with Crippen molar-refractivity contribution >= 4 is 47.4 Å². The monoisotopic (exact) mass is 389 g/mol. The number of ether oxygens (including phenoxy) is 1. The third-order valence-electron chi connectivity index (χ3n) is 3.31. The maximum atomic E-state index is 12.1. The van der Waals surface area contributed by atoms with Crippen molar-refractivity contribution in [2.24, 2.45) is 7.05 Å². The SMILES string of the molecule is Cl.Cn1cnnc1Sc1ccc(NC(=O)C2COCCN2)cc1Cl. The van der Waals surface area contributed by atoms with E-state index in [9.17, 15) is 4.79 Å². The molecule has 1 atom stereocenters. The highest BCUT2D eigenvalue weighted by atomic mass is 35.5. The van der Waals surface area contributed by atoms with Crippen molar-refractivity contribution in [3.63, 3.8) is 0 Å². The fraction of sp³-hybridized carbons (Fsp3) is 0.357. The van der Waals surface area contributed by atoms with Crippen LogP contribution in [-0.2, 0) is 16.6 Å². The Morgan fingerprint density at radius 1 is 1.54 bits per heavy atom. The molecule has 1 aliphatic heterocycles. The molecule has 7 nitrogen and oxygen atoms in total. The van der Waals surface area contributed by atoms with Gasteiger partial charge in [0.25, 0.3) is 0 Å². The van der Waals surface area contributed by atoms with Crippen LogP contribution in [0, 0.1) is 0 Å².